The molecule has 190 valence electrons. The number of nitrogens with two attached hydrogens (primary N) is 1. The van der Waals surface area contributed by atoms with Crippen molar-refractivity contribution in [3.8, 4) is 0 Å². The smallest absolute Gasteiger partial charge is 0.404 e. The summed E-state index contributed by atoms with van der Waals surface area (Å²) in [4.78, 5) is 25.2. The van der Waals surface area contributed by atoms with Crippen LogP contribution in [-0.4, -0.2) is 42.3 Å². The number of hydrogen-bond donors (Lipinski definition) is 2. The second kappa shape index (κ2) is 10.2. The number of rotatable bonds is 7. The maximum Gasteiger partial charge on any atom is 0.404 e. The number of halogens is 5. The van der Waals surface area contributed by atoms with Crippen molar-refractivity contribution in [2.75, 3.05) is 25.0 Å². The predicted molar refractivity (Wildman–Crippen MR) is 132 cm³/mol. The average Bonchev–Trinajstić information content (AvgIpc) is 2.73. The van der Waals surface area contributed by atoms with Gasteiger partial charge in [0.25, 0.3) is 5.91 Å². The van der Waals surface area contributed by atoms with E-state index in [0.717, 1.165) is 17.0 Å². The molecule has 3 rings (SSSR count). The Morgan fingerprint density at radius 1 is 1.17 bits per heavy atom. The van der Waals surface area contributed by atoms with E-state index in [0.29, 0.717) is 3.57 Å². The molecule has 2 amide bonds. The molecule has 1 heterocycles. The Morgan fingerprint density at radius 2 is 1.83 bits per heavy atom. The number of anilines is 2. The quantitative estimate of drug-likeness (QED) is 0.310. The summed E-state index contributed by atoms with van der Waals surface area (Å²) in [5.41, 5.74) is 1.93. The number of carbonyl (C=O) groups excluding carboxylic acids is 2. The third kappa shape index (κ3) is 6.36. The van der Waals surface area contributed by atoms with E-state index in [1.54, 1.807) is 6.07 Å². The second-order valence-electron chi connectivity index (χ2n) is 9.74. The first-order valence-corrected chi connectivity index (χ1v) is 11.9. The lowest BCUT2D eigenvalue weighted by molar-refractivity contribution is -0.0520. The molecule has 2 aromatic carbocycles. The molecule has 1 aliphatic rings. The van der Waals surface area contributed by atoms with Crippen LogP contribution in [0.25, 0.3) is 0 Å². The lowest BCUT2D eigenvalue weighted by Crippen LogP contribution is -2.62. The van der Waals surface area contributed by atoms with Gasteiger partial charge in [0.15, 0.2) is 11.6 Å². The van der Waals surface area contributed by atoms with Gasteiger partial charge in [0.2, 0.25) is 0 Å². The summed E-state index contributed by atoms with van der Waals surface area (Å²) >= 11 is 1.90. The van der Waals surface area contributed by atoms with Gasteiger partial charge in [-0.25, -0.2) is 22.4 Å². The van der Waals surface area contributed by atoms with Crippen molar-refractivity contribution in [1.82, 2.24) is 4.90 Å². The maximum absolute atomic E-state index is 15.5. The lowest BCUT2D eigenvalue weighted by Gasteiger charge is -2.47. The van der Waals surface area contributed by atoms with Crippen molar-refractivity contribution in [2.24, 2.45) is 17.1 Å². The van der Waals surface area contributed by atoms with Crippen molar-refractivity contribution in [3.05, 3.63) is 56.9 Å². The van der Waals surface area contributed by atoms with E-state index in [-0.39, 0.29) is 43.3 Å². The normalized spacial score (nSPS) is 15.8. The summed E-state index contributed by atoms with van der Waals surface area (Å²) in [5, 5.41) is 2.47. The lowest BCUT2D eigenvalue weighted by atomic mass is 9.73. The number of nitrogens with zero attached hydrogens (tertiary/aromatic N) is 1. The Morgan fingerprint density at radius 3 is 2.40 bits per heavy atom. The molecule has 11 heteroatoms. The zero-order chi connectivity index (χ0) is 26.1. The Labute approximate surface area is 214 Å². The molecule has 0 radical (unpaired) electrons. The van der Waals surface area contributed by atoms with Crippen LogP contribution in [0, 0.1) is 32.4 Å². The van der Waals surface area contributed by atoms with Crippen LogP contribution in [0.1, 0.15) is 37.6 Å². The first kappa shape index (κ1) is 27.0. The zero-order valence-electron chi connectivity index (χ0n) is 19.4. The molecule has 35 heavy (non-hydrogen) atoms. The van der Waals surface area contributed by atoms with E-state index in [1.807, 2.05) is 43.4 Å². The Kier molecular flexibility index (Phi) is 7.87. The molecule has 1 fully saturated rings. The predicted octanol–water partition coefficient (Wildman–Crippen LogP) is 5.76. The number of amides is 2. The monoisotopic (exact) mass is 607 g/mol. The van der Waals surface area contributed by atoms with Crippen molar-refractivity contribution in [1.29, 1.82) is 0 Å². The SMILES string of the molecule is CC(C)(C)C(COC(N)=O)CC1(F)CN(C(=O)c2ccc(F)c(F)c2Nc2ccc(I)cc2F)C1. The van der Waals surface area contributed by atoms with Crippen LogP contribution >= 0.6 is 22.6 Å². The van der Waals surface area contributed by atoms with Gasteiger partial charge in [-0.05, 0) is 64.8 Å². The van der Waals surface area contributed by atoms with Gasteiger partial charge in [0.05, 0.1) is 36.6 Å². The van der Waals surface area contributed by atoms with Gasteiger partial charge in [-0.2, -0.15) is 0 Å². The third-order valence-electron chi connectivity index (χ3n) is 6.02. The Hall–Kier alpha value is -2.57. The van der Waals surface area contributed by atoms with E-state index in [9.17, 15) is 22.8 Å². The van der Waals surface area contributed by atoms with Crippen LogP contribution in [-0.2, 0) is 4.74 Å². The Balaban J connectivity index is 1.78. The van der Waals surface area contributed by atoms with Crippen LogP contribution in [0.5, 0.6) is 0 Å². The van der Waals surface area contributed by atoms with Crippen LogP contribution in [0.3, 0.4) is 0 Å². The fourth-order valence-corrected chi connectivity index (χ4v) is 4.35. The van der Waals surface area contributed by atoms with Crippen LogP contribution in [0.15, 0.2) is 30.3 Å². The molecule has 0 bridgehead atoms. The summed E-state index contributed by atoms with van der Waals surface area (Å²) in [6, 6.07) is 5.96. The summed E-state index contributed by atoms with van der Waals surface area (Å²) in [6.07, 6.45) is -0.954. The largest absolute Gasteiger partial charge is 0.449 e. The van der Waals surface area contributed by atoms with Gasteiger partial charge < -0.3 is 20.7 Å². The fourth-order valence-electron chi connectivity index (χ4n) is 3.90. The van der Waals surface area contributed by atoms with Crippen molar-refractivity contribution in [3.63, 3.8) is 0 Å². The minimum absolute atomic E-state index is 0.00427. The maximum atomic E-state index is 15.5. The number of alkyl halides is 1. The van der Waals surface area contributed by atoms with Gasteiger partial charge in [-0.1, -0.05) is 20.8 Å². The van der Waals surface area contributed by atoms with E-state index >= 15 is 4.39 Å². The molecule has 1 saturated heterocycles. The van der Waals surface area contributed by atoms with Gasteiger partial charge in [-0.15, -0.1) is 0 Å². The highest BCUT2D eigenvalue weighted by Gasteiger charge is 2.49. The number of hydrogen-bond acceptors (Lipinski definition) is 4. The molecule has 0 aliphatic carbocycles. The van der Waals surface area contributed by atoms with Crippen LogP contribution < -0.4 is 11.1 Å². The molecule has 0 saturated carbocycles. The molecule has 1 aliphatic heterocycles. The third-order valence-corrected chi connectivity index (χ3v) is 6.69. The van der Waals surface area contributed by atoms with Gasteiger partial charge in [-0.3, -0.25) is 4.79 Å². The van der Waals surface area contributed by atoms with E-state index < -0.39 is 46.2 Å². The molecule has 2 aromatic rings. The average molecular weight is 607 g/mol. The minimum Gasteiger partial charge on any atom is -0.449 e. The topological polar surface area (TPSA) is 84.7 Å². The molecule has 0 aromatic heterocycles. The highest BCUT2D eigenvalue weighted by Crippen LogP contribution is 2.40. The summed E-state index contributed by atoms with van der Waals surface area (Å²) in [7, 11) is 0. The number of primary amides is 1. The highest BCUT2D eigenvalue weighted by molar-refractivity contribution is 14.1. The molecular weight excluding hydrogens is 581 g/mol. The summed E-state index contributed by atoms with van der Waals surface area (Å²) in [5.74, 6) is -4.39. The Bertz CT molecular complexity index is 1130. The van der Waals surface area contributed by atoms with Crippen molar-refractivity contribution >= 4 is 46.0 Å². The fraction of sp³-hybridized carbons (Fsp3) is 0.417. The first-order chi connectivity index (χ1) is 16.2. The molecule has 3 N–H and O–H groups in total. The number of nitrogens with one attached hydrogen (secondary N) is 1. The van der Waals surface area contributed by atoms with Gasteiger partial charge in [0.1, 0.15) is 11.5 Å². The van der Waals surface area contributed by atoms with Gasteiger partial charge >= 0.3 is 6.09 Å². The minimum atomic E-state index is -1.76. The highest BCUT2D eigenvalue weighted by atomic mass is 127. The number of likely N-dealkylation sites (tertiary alicyclic amines) is 1. The summed E-state index contributed by atoms with van der Waals surface area (Å²) in [6.45, 7) is 4.97. The van der Waals surface area contributed by atoms with E-state index in [2.05, 4.69) is 5.32 Å². The van der Waals surface area contributed by atoms with Gasteiger partial charge in [0, 0.05) is 9.49 Å². The number of carbonyl (C=O) groups is 2. The van der Waals surface area contributed by atoms with Crippen LogP contribution in [0.4, 0.5) is 33.7 Å². The molecule has 0 spiro atoms. The zero-order valence-corrected chi connectivity index (χ0v) is 21.6. The number of ether oxygens (including phenoxy) is 1. The van der Waals surface area contributed by atoms with E-state index in [4.69, 9.17) is 10.5 Å². The standard InChI is InChI=1S/C24H26F4IN3O3/c1-23(2,3)13(10-35-22(30)34)9-24(28)11-32(12-24)21(33)15-5-6-16(25)19(27)20(15)31-18-7-4-14(29)8-17(18)26/h4-8,13,31H,9-12H2,1-3H3,(H2,30,34). The first-order valence-electron chi connectivity index (χ1n) is 10.8. The van der Waals surface area contributed by atoms with E-state index in [1.165, 1.54) is 12.1 Å². The van der Waals surface area contributed by atoms with Crippen LogP contribution in [0.2, 0.25) is 0 Å². The van der Waals surface area contributed by atoms with Crippen molar-refractivity contribution in [2.45, 2.75) is 32.9 Å². The van der Waals surface area contributed by atoms with Crippen molar-refractivity contribution < 1.29 is 31.9 Å². The number of benzene rings is 2. The summed E-state index contributed by atoms with van der Waals surface area (Å²) < 4.78 is 63.8. The second-order valence-corrected chi connectivity index (χ2v) is 11.0. The molecule has 6 nitrogen and oxygen atoms in total. The molecular formula is C24H26F4IN3O3. The molecule has 1 unspecified atom stereocenters. The molecule has 1 atom stereocenters.